The first-order valence-corrected chi connectivity index (χ1v) is 8.12. The average molecular weight is 370 g/mol. The van der Waals surface area contributed by atoms with Crippen LogP contribution in [0.1, 0.15) is 13.8 Å². The Bertz CT molecular complexity index is 598. The zero-order chi connectivity index (χ0) is 16.3. The minimum atomic E-state index is -3.72. The van der Waals surface area contributed by atoms with Crippen molar-refractivity contribution in [3.63, 3.8) is 0 Å². The maximum atomic E-state index is 12.3. The van der Waals surface area contributed by atoms with E-state index in [0.717, 1.165) is 4.31 Å². The highest BCUT2D eigenvalue weighted by Crippen LogP contribution is 2.17. The van der Waals surface area contributed by atoms with Crippen molar-refractivity contribution in [2.24, 2.45) is 5.73 Å². The lowest BCUT2D eigenvalue weighted by atomic mass is 10.1. The molecule has 0 saturated carbocycles. The van der Waals surface area contributed by atoms with Crippen LogP contribution in [0.25, 0.3) is 0 Å². The molecule has 0 aliphatic heterocycles. The third-order valence-electron chi connectivity index (χ3n) is 2.63. The fourth-order valence-corrected chi connectivity index (χ4v) is 2.71. The first kappa shape index (κ1) is 21.1. The van der Waals surface area contributed by atoms with Crippen molar-refractivity contribution in [2.75, 3.05) is 20.1 Å². The monoisotopic (exact) mass is 369 g/mol. The Labute approximate surface area is 142 Å². The number of hydrogen-bond donors (Lipinski definition) is 2. The predicted octanol–water partition coefficient (Wildman–Crippen LogP) is 1.24. The molecule has 1 amide bonds. The van der Waals surface area contributed by atoms with Gasteiger partial charge in [0.1, 0.15) is 0 Å². The molecule has 3 N–H and O–H groups in total. The van der Waals surface area contributed by atoms with Crippen molar-refractivity contribution in [1.82, 2.24) is 9.62 Å². The van der Waals surface area contributed by atoms with Crippen molar-refractivity contribution in [3.8, 4) is 0 Å². The third-order valence-corrected chi connectivity index (χ3v) is 4.70. The van der Waals surface area contributed by atoms with Crippen molar-refractivity contribution < 1.29 is 13.2 Å². The van der Waals surface area contributed by atoms with E-state index < -0.39 is 21.5 Å². The lowest BCUT2D eigenvalue weighted by Crippen LogP contribution is -2.47. The Morgan fingerprint density at radius 1 is 1.32 bits per heavy atom. The molecule has 0 radical (unpaired) electrons. The normalized spacial score (nSPS) is 11.9. The number of rotatable bonds is 6. The summed E-state index contributed by atoms with van der Waals surface area (Å²) in [6, 6.07) is 5.77. The second kappa shape index (κ2) is 8.12. The van der Waals surface area contributed by atoms with Gasteiger partial charge in [-0.25, -0.2) is 8.42 Å². The molecule has 0 saturated heterocycles. The Morgan fingerprint density at radius 3 is 2.27 bits per heavy atom. The summed E-state index contributed by atoms with van der Waals surface area (Å²) in [4.78, 5) is 11.8. The SMILES string of the molecule is CN(CC(=O)NCC(C)(C)N)S(=O)(=O)c1ccc(Cl)cc1.Cl. The van der Waals surface area contributed by atoms with E-state index in [1.807, 2.05) is 0 Å². The van der Waals surface area contributed by atoms with Crippen molar-refractivity contribution >= 4 is 39.9 Å². The zero-order valence-electron chi connectivity index (χ0n) is 12.7. The van der Waals surface area contributed by atoms with E-state index in [2.05, 4.69) is 5.32 Å². The summed E-state index contributed by atoms with van der Waals surface area (Å²) in [5, 5.41) is 3.04. The number of amides is 1. The second-order valence-electron chi connectivity index (χ2n) is 5.48. The van der Waals surface area contributed by atoms with E-state index in [1.54, 1.807) is 13.8 Å². The molecule has 0 aliphatic rings. The zero-order valence-corrected chi connectivity index (χ0v) is 15.1. The van der Waals surface area contributed by atoms with Crippen molar-refractivity contribution in [1.29, 1.82) is 0 Å². The number of nitrogens with zero attached hydrogens (tertiary/aromatic N) is 1. The van der Waals surface area contributed by atoms with E-state index in [0.29, 0.717) is 5.02 Å². The molecular weight excluding hydrogens is 349 g/mol. The predicted molar refractivity (Wildman–Crippen MR) is 89.8 cm³/mol. The summed E-state index contributed by atoms with van der Waals surface area (Å²) in [5.74, 6) is -0.409. The molecule has 0 heterocycles. The number of sulfonamides is 1. The highest BCUT2D eigenvalue weighted by molar-refractivity contribution is 7.89. The van der Waals surface area contributed by atoms with Crippen LogP contribution in [0.4, 0.5) is 0 Å². The van der Waals surface area contributed by atoms with E-state index >= 15 is 0 Å². The molecule has 126 valence electrons. The molecule has 0 aromatic heterocycles. The highest BCUT2D eigenvalue weighted by Gasteiger charge is 2.23. The molecule has 0 unspecified atom stereocenters. The fourth-order valence-electron chi connectivity index (χ4n) is 1.46. The summed E-state index contributed by atoms with van der Waals surface area (Å²) in [6.07, 6.45) is 0. The number of likely N-dealkylation sites (N-methyl/N-ethyl adjacent to an activating group) is 1. The van der Waals surface area contributed by atoms with Gasteiger partial charge < -0.3 is 11.1 Å². The van der Waals surface area contributed by atoms with Crippen LogP contribution < -0.4 is 11.1 Å². The smallest absolute Gasteiger partial charge is 0.243 e. The van der Waals surface area contributed by atoms with Crippen molar-refractivity contribution in [2.45, 2.75) is 24.3 Å². The molecule has 0 atom stereocenters. The molecule has 9 heteroatoms. The van der Waals surface area contributed by atoms with Gasteiger partial charge in [0.15, 0.2) is 0 Å². The number of halogens is 2. The molecule has 0 fully saturated rings. The van der Waals surface area contributed by atoms with Gasteiger partial charge in [-0.3, -0.25) is 4.79 Å². The van der Waals surface area contributed by atoms with E-state index in [9.17, 15) is 13.2 Å². The van der Waals surface area contributed by atoms with Crippen LogP contribution in [0.3, 0.4) is 0 Å². The van der Waals surface area contributed by atoms with E-state index in [4.69, 9.17) is 17.3 Å². The largest absolute Gasteiger partial charge is 0.353 e. The van der Waals surface area contributed by atoms with Crippen LogP contribution in [-0.4, -0.2) is 44.3 Å². The molecule has 0 spiro atoms. The Balaban J connectivity index is 0.00000441. The number of nitrogens with two attached hydrogens (primary N) is 1. The fraction of sp³-hybridized carbons (Fsp3) is 0.462. The lowest BCUT2D eigenvalue weighted by molar-refractivity contribution is -0.121. The van der Waals surface area contributed by atoms with Gasteiger partial charge in [0.05, 0.1) is 11.4 Å². The van der Waals surface area contributed by atoms with Crippen LogP contribution in [0.15, 0.2) is 29.2 Å². The number of nitrogens with one attached hydrogen (secondary N) is 1. The van der Waals surface area contributed by atoms with Gasteiger partial charge in [-0.15, -0.1) is 12.4 Å². The molecule has 0 aliphatic carbocycles. The van der Waals surface area contributed by atoms with Gasteiger partial charge in [-0.2, -0.15) is 4.31 Å². The molecule has 6 nitrogen and oxygen atoms in total. The molecule has 1 rings (SSSR count). The van der Waals surface area contributed by atoms with Crippen LogP contribution in [0.2, 0.25) is 5.02 Å². The first-order valence-electron chi connectivity index (χ1n) is 6.30. The molecule has 22 heavy (non-hydrogen) atoms. The maximum Gasteiger partial charge on any atom is 0.243 e. The maximum absolute atomic E-state index is 12.3. The first-order chi connectivity index (χ1) is 9.52. The minimum Gasteiger partial charge on any atom is -0.353 e. The molecule has 1 aromatic rings. The van der Waals surface area contributed by atoms with Gasteiger partial charge in [0, 0.05) is 24.2 Å². The van der Waals surface area contributed by atoms with E-state index in [-0.39, 0.29) is 30.4 Å². The van der Waals surface area contributed by atoms with Gasteiger partial charge >= 0.3 is 0 Å². The highest BCUT2D eigenvalue weighted by atomic mass is 35.5. The van der Waals surface area contributed by atoms with Gasteiger partial charge in [0.25, 0.3) is 0 Å². The summed E-state index contributed by atoms with van der Waals surface area (Å²) in [6.45, 7) is 3.52. The summed E-state index contributed by atoms with van der Waals surface area (Å²) < 4.78 is 25.5. The molecule has 0 bridgehead atoms. The standard InChI is InChI=1S/C13H20ClN3O3S.ClH/c1-13(2,15)9-16-12(18)8-17(3)21(19,20)11-6-4-10(14)5-7-11;/h4-7H,8-9,15H2,1-3H3,(H,16,18);1H. The number of benzene rings is 1. The van der Waals surface area contributed by atoms with Crippen molar-refractivity contribution in [3.05, 3.63) is 29.3 Å². The summed E-state index contributed by atoms with van der Waals surface area (Å²) in [7, 11) is -2.38. The Morgan fingerprint density at radius 2 is 1.82 bits per heavy atom. The van der Waals surface area contributed by atoms with Crippen LogP contribution in [-0.2, 0) is 14.8 Å². The summed E-state index contributed by atoms with van der Waals surface area (Å²) >= 11 is 5.73. The molecular formula is C13H21Cl2N3O3S. The van der Waals surface area contributed by atoms with Crippen LogP contribution >= 0.6 is 24.0 Å². The average Bonchev–Trinajstić information content (AvgIpc) is 2.36. The van der Waals surface area contributed by atoms with E-state index in [1.165, 1.54) is 31.3 Å². The van der Waals surface area contributed by atoms with Gasteiger partial charge in [0.2, 0.25) is 15.9 Å². The van der Waals surface area contributed by atoms with Crippen LogP contribution in [0, 0.1) is 0 Å². The van der Waals surface area contributed by atoms with Gasteiger partial charge in [-0.05, 0) is 38.1 Å². The number of carbonyl (C=O) groups excluding carboxylic acids is 1. The second-order valence-corrected chi connectivity index (χ2v) is 7.96. The lowest BCUT2D eigenvalue weighted by Gasteiger charge is -2.21. The third kappa shape index (κ3) is 6.50. The number of carbonyl (C=O) groups is 1. The molecule has 1 aromatic carbocycles. The number of hydrogen-bond acceptors (Lipinski definition) is 4. The quantitative estimate of drug-likeness (QED) is 0.788. The summed E-state index contributed by atoms with van der Waals surface area (Å²) in [5.41, 5.74) is 5.19. The Kier molecular flexibility index (Phi) is 7.80. The van der Waals surface area contributed by atoms with Crippen LogP contribution in [0.5, 0.6) is 0 Å². The minimum absolute atomic E-state index is 0. The van der Waals surface area contributed by atoms with Gasteiger partial charge in [-0.1, -0.05) is 11.6 Å². The topological polar surface area (TPSA) is 92.5 Å². The Hall–Kier alpha value is -0.860.